The fourth-order valence-corrected chi connectivity index (χ4v) is 2.03. The molecule has 0 spiro atoms. The first-order valence-corrected chi connectivity index (χ1v) is 7.79. The van der Waals surface area contributed by atoms with Crippen LogP contribution in [-0.4, -0.2) is 24.2 Å². The Morgan fingerprint density at radius 2 is 2.04 bits per heavy atom. The number of hydrogen-bond acceptors (Lipinski definition) is 3. The molecule has 0 unspecified atom stereocenters. The molecule has 0 aliphatic rings. The minimum absolute atomic E-state index is 0.227. The van der Waals surface area contributed by atoms with Crippen LogP contribution in [0.3, 0.4) is 0 Å². The highest BCUT2D eigenvalue weighted by atomic mass is 16.5. The minimum atomic E-state index is -0.227. The van der Waals surface area contributed by atoms with Crippen LogP contribution >= 0.6 is 0 Å². The molecule has 122 valence electrons. The van der Waals surface area contributed by atoms with Crippen molar-refractivity contribution in [1.82, 2.24) is 15.6 Å². The zero-order valence-electron chi connectivity index (χ0n) is 13.6. The fourth-order valence-electron chi connectivity index (χ4n) is 2.03. The molecule has 0 saturated heterocycles. The molecule has 5 heteroatoms. The van der Waals surface area contributed by atoms with Gasteiger partial charge >= 0.3 is 6.03 Å². The van der Waals surface area contributed by atoms with Gasteiger partial charge in [-0.3, -0.25) is 4.98 Å². The van der Waals surface area contributed by atoms with Crippen molar-refractivity contribution in [1.29, 1.82) is 0 Å². The summed E-state index contributed by atoms with van der Waals surface area (Å²) in [7, 11) is 0. The van der Waals surface area contributed by atoms with Crippen LogP contribution in [0.4, 0.5) is 4.79 Å². The number of urea groups is 1. The van der Waals surface area contributed by atoms with Crippen LogP contribution in [0.2, 0.25) is 0 Å². The number of carbonyl (C=O) groups excluding carboxylic acids is 1. The fraction of sp³-hybridized carbons (Fsp3) is 0.333. The lowest BCUT2D eigenvalue weighted by molar-refractivity contribution is 0.236. The Hall–Kier alpha value is -2.56. The molecule has 0 atom stereocenters. The maximum absolute atomic E-state index is 11.7. The van der Waals surface area contributed by atoms with Gasteiger partial charge in [-0.2, -0.15) is 0 Å². The highest BCUT2D eigenvalue weighted by molar-refractivity contribution is 5.73. The highest BCUT2D eigenvalue weighted by Crippen LogP contribution is 2.19. The van der Waals surface area contributed by atoms with Gasteiger partial charge in [0.2, 0.25) is 0 Å². The van der Waals surface area contributed by atoms with Gasteiger partial charge in [0.05, 0.1) is 18.8 Å². The number of nitrogens with zero attached hydrogens (tertiary/aromatic N) is 1. The normalized spacial score (nSPS) is 10.4. The Kier molecular flexibility index (Phi) is 6.41. The van der Waals surface area contributed by atoms with E-state index in [9.17, 15) is 4.79 Å². The van der Waals surface area contributed by atoms with E-state index in [1.165, 1.54) is 5.56 Å². The van der Waals surface area contributed by atoms with E-state index >= 15 is 0 Å². The van der Waals surface area contributed by atoms with E-state index in [0.717, 1.165) is 11.4 Å². The molecule has 1 aromatic carbocycles. The number of pyridine rings is 1. The number of rotatable bonds is 7. The Morgan fingerprint density at radius 1 is 1.17 bits per heavy atom. The lowest BCUT2D eigenvalue weighted by Gasteiger charge is -2.11. The molecular formula is C18H23N3O2. The van der Waals surface area contributed by atoms with Crippen LogP contribution in [0.5, 0.6) is 5.75 Å². The number of aromatic nitrogens is 1. The summed E-state index contributed by atoms with van der Waals surface area (Å²) in [5, 5.41) is 5.51. The molecule has 2 N–H and O–H groups in total. The van der Waals surface area contributed by atoms with E-state index in [0.29, 0.717) is 25.6 Å². The summed E-state index contributed by atoms with van der Waals surface area (Å²) in [5.41, 5.74) is 2.06. The summed E-state index contributed by atoms with van der Waals surface area (Å²) >= 11 is 0. The molecule has 2 amide bonds. The highest BCUT2D eigenvalue weighted by Gasteiger charge is 2.02. The van der Waals surface area contributed by atoms with Gasteiger partial charge in [-0.25, -0.2) is 4.79 Å². The van der Waals surface area contributed by atoms with E-state index in [4.69, 9.17) is 4.74 Å². The van der Waals surface area contributed by atoms with Crippen LogP contribution in [0.15, 0.2) is 48.7 Å². The van der Waals surface area contributed by atoms with Crippen molar-refractivity contribution in [2.75, 3.05) is 13.2 Å². The minimum Gasteiger partial charge on any atom is -0.492 e. The Bertz CT molecular complexity index is 615. The zero-order valence-corrected chi connectivity index (χ0v) is 13.6. The van der Waals surface area contributed by atoms with Crippen molar-refractivity contribution in [2.45, 2.75) is 26.3 Å². The van der Waals surface area contributed by atoms with Gasteiger partial charge in [0.25, 0.3) is 0 Å². The van der Waals surface area contributed by atoms with Gasteiger partial charge in [0, 0.05) is 6.20 Å². The maximum Gasteiger partial charge on any atom is 0.315 e. The van der Waals surface area contributed by atoms with E-state index < -0.39 is 0 Å². The Labute approximate surface area is 137 Å². The molecule has 1 aromatic heterocycles. The number of nitrogens with one attached hydrogen (secondary N) is 2. The van der Waals surface area contributed by atoms with Gasteiger partial charge in [0.1, 0.15) is 12.4 Å². The van der Waals surface area contributed by atoms with E-state index in [2.05, 4.69) is 35.5 Å². The van der Waals surface area contributed by atoms with E-state index in [1.54, 1.807) is 6.20 Å². The molecule has 2 aromatic rings. The first-order valence-electron chi connectivity index (χ1n) is 7.79. The maximum atomic E-state index is 11.7. The molecule has 0 fully saturated rings. The average molecular weight is 313 g/mol. The summed E-state index contributed by atoms with van der Waals surface area (Å²) in [6, 6.07) is 13.4. The molecule has 23 heavy (non-hydrogen) atoms. The van der Waals surface area contributed by atoms with Crippen molar-refractivity contribution in [3.63, 3.8) is 0 Å². The Balaban J connectivity index is 1.65. The molecule has 0 radical (unpaired) electrons. The van der Waals surface area contributed by atoms with Gasteiger partial charge in [-0.15, -0.1) is 0 Å². The van der Waals surface area contributed by atoms with E-state index in [-0.39, 0.29) is 6.03 Å². The number of hydrogen-bond donors (Lipinski definition) is 2. The molecule has 5 nitrogen and oxygen atoms in total. The standard InChI is InChI=1S/C18H23N3O2/c1-14(2)15-6-5-8-17(12-15)23-11-10-20-18(22)21-13-16-7-3-4-9-19-16/h3-9,12,14H,10-11,13H2,1-2H3,(H2,20,21,22). The van der Waals surface area contributed by atoms with Crippen LogP contribution in [0.25, 0.3) is 0 Å². The zero-order chi connectivity index (χ0) is 16.5. The molecular weight excluding hydrogens is 290 g/mol. The monoisotopic (exact) mass is 313 g/mol. The van der Waals surface area contributed by atoms with E-state index in [1.807, 2.05) is 36.4 Å². The third-order valence-corrected chi connectivity index (χ3v) is 3.34. The third kappa shape index (κ3) is 5.98. The van der Waals surface area contributed by atoms with Crippen LogP contribution in [0.1, 0.15) is 31.0 Å². The van der Waals surface area contributed by atoms with Crippen LogP contribution in [0, 0.1) is 0 Å². The largest absolute Gasteiger partial charge is 0.492 e. The molecule has 0 saturated carbocycles. The van der Waals surface area contributed by atoms with Crippen LogP contribution in [-0.2, 0) is 6.54 Å². The van der Waals surface area contributed by atoms with Gasteiger partial charge in [-0.1, -0.05) is 32.0 Å². The van der Waals surface area contributed by atoms with Crippen molar-refractivity contribution in [3.8, 4) is 5.75 Å². The summed E-state index contributed by atoms with van der Waals surface area (Å²) in [4.78, 5) is 15.8. The molecule has 2 rings (SSSR count). The molecule has 0 aliphatic carbocycles. The van der Waals surface area contributed by atoms with Crippen molar-refractivity contribution in [3.05, 3.63) is 59.9 Å². The topological polar surface area (TPSA) is 63.2 Å². The van der Waals surface area contributed by atoms with Gasteiger partial charge in [-0.05, 0) is 35.7 Å². The second-order valence-electron chi connectivity index (χ2n) is 5.51. The summed E-state index contributed by atoms with van der Waals surface area (Å²) in [6.07, 6.45) is 1.70. The second kappa shape index (κ2) is 8.78. The summed E-state index contributed by atoms with van der Waals surface area (Å²) in [5.74, 6) is 1.29. The summed E-state index contributed by atoms with van der Waals surface area (Å²) in [6.45, 7) is 5.57. The lowest BCUT2D eigenvalue weighted by Crippen LogP contribution is -2.37. The van der Waals surface area contributed by atoms with Gasteiger partial charge < -0.3 is 15.4 Å². The van der Waals surface area contributed by atoms with Crippen molar-refractivity contribution in [2.24, 2.45) is 0 Å². The quantitative estimate of drug-likeness (QED) is 0.772. The predicted octanol–water partition coefficient (Wildman–Crippen LogP) is 3.08. The van der Waals surface area contributed by atoms with Crippen molar-refractivity contribution >= 4 is 6.03 Å². The average Bonchev–Trinajstić information content (AvgIpc) is 2.58. The predicted molar refractivity (Wildman–Crippen MR) is 90.5 cm³/mol. The third-order valence-electron chi connectivity index (χ3n) is 3.34. The first-order chi connectivity index (χ1) is 11.1. The first kappa shape index (κ1) is 16.8. The number of benzene rings is 1. The van der Waals surface area contributed by atoms with Crippen molar-refractivity contribution < 1.29 is 9.53 Å². The SMILES string of the molecule is CC(C)c1cccc(OCCNC(=O)NCc2ccccn2)c1. The molecule has 0 bridgehead atoms. The van der Waals surface area contributed by atoms with Gasteiger partial charge in [0.15, 0.2) is 0 Å². The number of ether oxygens (including phenoxy) is 1. The van der Waals surface area contributed by atoms with Crippen LogP contribution < -0.4 is 15.4 Å². The smallest absolute Gasteiger partial charge is 0.315 e. The number of amides is 2. The Morgan fingerprint density at radius 3 is 2.78 bits per heavy atom. The molecule has 1 heterocycles. The summed E-state index contributed by atoms with van der Waals surface area (Å²) < 4.78 is 5.66. The molecule has 0 aliphatic heterocycles. The lowest BCUT2D eigenvalue weighted by atomic mass is 10.0. The number of carbonyl (C=O) groups is 1. The second-order valence-corrected chi connectivity index (χ2v) is 5.51.